The van der Waals surface area contributed by atoms with E-state index in [9.17, 15) is 0 Å². The maximum absolute atomic E-state index is 5.76. The minimum Gasteiger partial charge on any atom is -0.237 e. The molecule has 0 amide bonds. The summed E-state index contributed by atoms with van der Waals surface area (Å²) in [5.41, 5.74) is 1.41. The van der Waals surface area contributed by atoms with Gasteiger partial charge in [0, 0.05) is 6.20 Å². The Bertz CT molecular complexity index is 548. The van der Waals surface area contributed by atoms with Crippen LogP contribution in [0.1, 0.15) is 17.1 Å². The zero-order valence-corrected chi connectivity index (χ0v) is 11.5. The first-order valence-corrected chi connectivity index (χ1v) is 6.32. The molecule has 92 valence electrons. The molecular formula is C13H9Cl3N2. The number of benzene rings is 1. The molecule has 2 aromatic rings. The van der Waals surface area contributed by atoms with E-state index < -0.39 is 3.79 Å². The van der Waals surface area contributed by atoms with E-state index in [1.807, 2.05) is 36.4 Å². The van der Waals surface area contributed by atoms with E-state index in [4.69, 9.17) is 34.8 Å². The molecule has 0 aliphatic rings. The van der Waals surface area contributed by atoms with Crippen LogP contribution in [0.25, 0.3) is 12.2 Å². The van der Waals surface area contributed by atoms with Crippen LogP contribution in [0.5, 0.6) is 0 Å². The second-order valence-electron chi connectivity index (χ2n) is 3.54. The van der Waals surface area contributed by atoms with Crippen molar-refractivity contribution in [3.05, 3.63) is 59.7 Å². The Hall–Kier alpha value is -1.09. The quantitative estimate of drug-likeness (QED) is 0.764. The Morgan fingerprint density at radius 3 is 2.33 bits per heavy atom. The minimum absolute atomic E-state index is 0.357. The van der Waals surface area contributed by atoms with Crippen LogP contribution in [-0.2, 0) is 3.79 Å². The summed E-state index contributed by atoms with van der Waals surface area (Å²) in [6.07, 6.45) is 5.24. The number of hydrogen-bond acceptors (Lipinski definition) is 2. The van der Waals surface area contributed by atoms with Gasteiger partial charge in [0.1, 0.15) is 0 Å². The molecule has 0 unspecified atom stereocenters. The number of nitrogens with zero attached hydrogens (tertiary/aromatic N) is 2. The van der Waals surface area contributed by atoms with Crippen molar-refractivity contribution in [3.8, 4) is 0 Å². The highest BCUT2D eigenvalue weighted by Gasteiger charge is 2.24. The fourth-order valence-electron chi connectivity index (χ4n) is 1.35. The van der Waals surface area contributed by atoms with Crippen LogP contribution in [0.2, 0.25) is 0 Å². The number of rotatable bonds is 2. The Morgan fingerprint density at radius 2 is 1.67 bits per heavy atom. The molecule has 2 rings (SSSR count). The fraction of sp³-hybridized carbons (Fsp3) is 0.0769. The first kappa shape index (κ1) is 13.3. The first-order chi connectivity index (χ1) is 8.55. The maximum Gasteiger partial charge on any atom is 0.232 e. The van der Waals surface area contributed by atoms with Gasteiger partial charge in [0.05, 0.1) is 5.69 Å². The molecule has 2 nitrogen and oxygen atoms in total. The number of aromatic nitrogens is 2. The Balaban J connectivity index is 2.23. The molecule has 5 heteroatoms. The third-order valence-electron chi connectivity index (χ3n) is 2.19. The molecule has 0 saturated heterocycles. The second kappa shape index (κ2) is 5.70. The SMILES string of the molecule is ClC(Cl)(Cl)c1ccnc(C=Cc2ccccc2)n1. The predicted octanol–water partition coefficient (Wildman–Crippen LogP) is 4.47. The van der Waals surface area contributed by atoms with Gasteiger partial charge in [0.2, 0.25) is 3.79 Å². The van der Waals surface area contributed by atoms with Gasteiger partial charge in [-0.15, -0.1) is 0 Å². The van der Waals surface area contributed by atoms with Crippen molar-refractivity contribution in [2.45, 2.75) is 3.79 Å². The Kier molecular flexibility index (Phi) is 4.23. The highest BCUT2D eigenvalue weighted by atomic mass is 35.6. The number of hydrogen-bond donors (Lipinski definition) is 0. The van der Waals surface area contributed by atoms with E-state index in [0.717, 1.165) is 5.56 Å². The van der Waals surface area contributed by atoms with Crippen LogP contribution in [0.4, 0.5) is 0 Å². The van der Waals surface area contributed by atoms with Gasteiger partial charge in [-0.2, -0.15) is 0 Å². The van der Waals surface area contributed by atoms with E-state index >= 15 is 0 Å². The van der Waals surface area contributed by atoms with Crippen LogP contribution in [0.15, 0.2) is 42.6 Å². The van der Waals surface area contributed by atoms with Gasteiger partial charge in [0.15, 0.2) is 5.82 Å². The van der Waals surface area contributed by atoms with Crippen LogP contribution in [0.3, 0.4) is 0 Å². The third-order valence-corrected chi connectivity index (χ3v) is 2.77. The normalized spacial score (nSPS) is 11.9. The van der Waals surface area contributed by atoms with Crippen LogP contribution >= 0.6 is 34.8 Å². The van der Waals surface area contributed by atoms with Crippen molar-refractivity contribution >= 4 is 47.0 Å². The van der Waals surface area contributed by atoms with E-state index in [0.29, 0.717) is 11.5 Å². The van der Waals surface area contributed by atoms with Gasteiger partial charge < -0.3 is 0 Å². The highest BCUT2D eigenvalue weighted by molar-refractivity contribution is 6.66. The summed E-state index contributed by atoms with van der Waals surface area (Å²) in [4.78, 5) is 8.26. The van der Waals surface area contributed by atoms with Gasteiger partial charge in [0.25, 0.3) is 0 Å². The molecule has 0 atom stereocenters. The summed E-state index contributed by atoms with van der Waals surface area (Å²) >= 11 is 17.3. The van der Waals surface area contributed by atoms with Gasteiger partial charge in [-0.1, -0.05) is 71.2 Å². The molecule has 0 aliphatic carbocycles. The number of alkyl halides is 3. The van der Waals surface area contributed by atoms with E-state index in [1.165, 1.54) is 0 Å². The monoisotopic (exact) mass is 298 g/mol. The van der Waals surface area contributed by atoms with Crippen molar-refractivity contribution in [1.82, 2.24) is 9.97 Å². The summed E-state index contributed by atoms with van der Waals surface area (Å²) < 4.78 is -1.53. The minimum atomic E-state index is -1.53. The molecular weight excluding hydrogens is 291 g/mol. The molecule has 0 fully saturated rings. The molecule has 0 radical (unpaired) electrons. The summed E-state index contributed by atoms with van der Waals surface area (Å²) in [7, 11) is 0. The van der Waals surface area contributed by atoms with Crippen molar-refractivity contribution in [1.29, 1.82) is 0 Å². The molecule has 1 aromatic heterocycles. The van der Waals surface area contributed by atoms with Crippen molar-refractivity contribution < 1.29 is 0 Å². The van der Waals surface area contributed by atoms with Crippen molar-refractivity contribution in [2.24, 2.45) is 0 Å². The largest absolute Gasteiger partial charge is 0.237 e. The smallest absolute Gasteiger partial charge is 0.232 e. The highest BCUT2D eigenvalue weighted by Crippen LogP contribution is 2.36. The molecule has 0 saturated carbocycles. The van der Waals surface area contributed by atoms with Gasteiger partial charge >= 0.3 is 0 Å². The molecule has 1 heterocycles. The Morgan fingerprint density at radius 1 is 0.944 bits per heavy atom. The first-order valence-electron chi connectivity index (χ1n) is 5.19. The summed E-state index contributed by atoms with van der Waals surface area (Å²) in [5.74, 6) is 0.502. The lowest BCUT2D eigenvalue weighted by atomic mass is 10.2. The lowest BCUT2D eigenvalue weighted by Crippen LogP contribution is -2.05. The lowest BCUT2D eigenvalue weighted by molar-refractivity contribution is 1.02. The molecule has 18 heavy (non-hydrogen) atoms. The topological polar surface area (TPSA) is 25.8 Å². The molecule has 0 spiro atoms. The van der Waals surface area contributed by atoms with Gasteiger partial charge in [-0.25, -0.2) is 9.97 Å². The van der Waals surface area contributed by atoms with Crippen LogP contribution < -0.4 is 0 Å². The average molecular weight is 300 g/mol. The number of halogens is 3. The summed E-state index contributed by atoms with van der Waals surface area (Å²) in [5, 5.41) is 0. The van der Waals surface area contributed by atoms with Gasteiger partial charge in [-0.05, 0) is 17.7 Å². The second-order valence-corrected chi connectivity index (χ2v) is 5.82. The van der Waals surface area contributed by atoms with E-state index in [2.05, 4.69) is 9.97 Å². The van der Waals surface area contributed by atoms with Crippen LogP contribution in [0, 0.1) is 0 Å². The fourth-order valence-corrected chi connectivity index (χ4v) is 1.66. The molecule has 1 aromatic carbocycles. The van der Waals surface area contributed by atoms with E-state index in [-0.39, 0.29) is 0 Å². The Labute approximate surface area is 120 Å². The molecule has 0 bridgehead atoms. The van der Waals surface area contributed by atoms with Gasteiger partial charge in [-0.3, -0.25) is 0 Å². The van der Waals surface area contributed by atoms with Crippen LogP contribution in [-0.4, -0.2) is 9.97 Å². The van der Waals surface area contributed by atoms with Crippen molar-refractivity contribution in [3.63, 3.8) is 0 Å². The average Bonchev–Trinajstić information content (AvgIpc) is 2.37. The molecule has 0 aliphatic heterocycles. The van der Waals surface area contributed by atoms with E-state index in [1.54, 1.807) is 18.3 Å². The zero-order chi connectivity index (χ0) is 13.0. The summed E-state index contributed by atoms with van der Waals surface area (Å²) in [6.45, 7) is 0. The molecule has 0 N–H and O–H groups in total. The standard InChI is InChI=1S/C13H9Cl3N2/c14-13(15,16)11-8-9-17-12(18-11)7-6-10-4-2-1-3-5-10/h1-9H. The summed E-state index contributed by atoms with van der Waals surface area (Å²) in [6, 6.07) is 11.4. The third kappa shape index (κ3) is 3.70. The zero-order valence-electron chi connectivity index (χ0n) is 9.22. The predicted molar refractivity (Wildman–Crippen MR) is 76.6 cm³/mol. The lowest BCUT2D eigenvalue weighted by Gasteiger charge is -2.09. The van der Waals surface area contributed by atoms with Crippen molar-refractivity contribution in [2.75, 3.05) is 0 Å². The maximum atomic E-state index is 5.76.